The minimum atomic E-state index is 0.0488. The van der Waals surface area contributed by atoms with Crippen LogP contribution < -0.4 is 0 Å². The van der Waals surface area contributed by atoms with Crippen molar-refractivity contribution >= 4 is 17.1 Å². The minimum Gasteiger partial charge on any atom is -0.368 e. The summed E-state index contributed by atoms with van der Waals surface area (Å²) in [5.74, 6) is 0.0488. The van der Waals surface area contributed by atoms with Gasteiger partial charge < -0.3 is 4.74 Å². The Bertz CT molecular complexity index is 529. The number of hydrogen-bond donors (Lipinski definition) is 0. The molecule has 3 heteroatoms. The lowest BCUT2D eigenvalue weighted by atomic mass is 10.0. The smallest absolute Gasteiger partial charge is 0.188 e. The second-order valence-electron chi connectivity index (χ2n) is 4.31. The van der Waals surface area contributed by atoms with E-state index in [1.807, 2.05) is 49.6 Å². The highest BCUT2D eigenvalue weighted by Gasteiger charge is 2.09. The molecule has 0 aliphatic rings. The van der Waals surface area contributed by atoms with Gasteiger partial charge in [-0.15, -0.1) is 11.3 Å². The molecular formula is C15H16O2S. The number of carbonyl (C=O) groups is 1. The van der Waals surface area contributed by atoms with Gasteiger partial charge in [-0.25, -0.2) is 0 Å². The number of benzene rings is 1. The van der Waals surface area contributed by atoms with Crippen LogP contribution in [0.3, 0.4) is 0 Å². The second-order valence-corrected chi connectivity index (χ2v) is 5.35. The molecule has 94 valence electrons. The van der Waals surface area contributed by atoms with Gasteiger partial charge in [-0.05, 0) is 36.9 Å². The van der Waals surface area contributed by atoms with Crippen LogP contribution in [0.2, 0.25) is 0 Å². The lowest BCUT2D eigenvalue weighted by Crippen LogP contribution is -2.10. The first-order valence-electron chi connectivity index (χ1n) is 5.87. The Hall–Kier alpha value is -1.45. The highest BCUT2D eigenvalue weighted by molar-refractivity contribution is 7.09. The molecule has 0 aliphatic carbocycles. The fourth-order valence-electron chi connectivity index (χ4n) is 1.75. The number of carbonyl (C=O) groups excluding carboxylic acids is 1. The molecule has 1 aromatic heterocycles. The van der Waals surface area contributed by atoms with Crippen molar-refractivity contribution < 1.29 is 9.53 Å². The van der Waals surface area contributed by atoms with Crippen LogP contribution in [0.5, 0.6) is 0 Å². The monoisotopic (exact) mass is 260 g/mol. The molecule has 1 heterocycles. The third kappa shape index (κ3) is 3.28. The SMILES string of the molecule is Cc1ccc(C)c(C(=O)COCc2cccs2)c1. The maximum Gasteiger partial charge on any atom is 0.188 e. The molecule has 0 atom stereocenters. The molecule has 0 N–H and O–H groups in total. The van der Waals surface area contributed by atoms with E-state index in [4.69, 9.17) is 4.74 Å². The van der Waals surface area contributed by atoms with Crippen LogP contribution in [0.15, 0.2) is 35.7 Å². The Morgan fingerprint density at radius 2 is 2.11 bits per heavy atom. The van der Waals surface area contributed by atoms with Gasteiger partial charge in [0.1, 0.15) is 6.61 Å². The molecule has 0 bridgehead atoms. The number of thiophene rings is 1. The molecule has 18 heavy (non-hydrogen) atoms. The average molecular weight is 260 g/mol. The van der Waals surface area contributed by atoms with Gasteiger partial charge in [0.05, 0.1) is 6.61 Å². The lowest BCUT2D eigenvalue weighted by Gasteiger charge is -2.06. The summed E-state index contributed by atoms with van der Waals surface area (Å²) in [5, 5.41) is 2.01. The molecule has 0 spiro atoms. The van der Waals surface area contributed by atoms with Crippen LogP contribution in [0, 0.1) is 13.8 Å². The predicted molar refractivity (Wildman–Crippen MR) is 74.2 cm³/mol. The topological polar surface area (TPSA) is 26.3 Å². The van der Waals surface area contributed by atoms with Crippen molar-refractivity contribution in [2.75, 3.05) is 6.61 Å². The molecule has 0 saturated heterocycles. The zero-order valence-electron chi connectivity index (χ0n) is 10.6. The molecule has 0 aliphatic heterocycles. The van der Waals surface area contributed by atoms with Gasteiger partial charge in [-0.1, -0.05) is 23.8 Å². The summed E-state index contributed by atoms with van der Waals surface area (Å²) in [6.45, 7) is 4.59. The quantitative estimate of drug-likeness (QED) is 0.765. The standard InChI is InChI=1S/C15H16O2S/c1-11-5-6-12(2)14(8-11)15(16)10-17-9-13-4-3-7-18-13/h3-8H,9-10H2,1-2H3. The van der Waals surface area contributed by atoms with Crippen LogP contribution >= 0.6 is 11.3 Å². The fourth-order valence-corrected chi connectivity index (χ4v) is 2.39. The zero-order valence-corrected chi connectivity index (χ0v) is 11.4. The van der Waals surface area contributed by atoms with Gasteiger partial charge in [0, 0.05) is 10.4 Å². The average Bonchev–Trinajstić information content (AvgIpc) is 2.85. The van der Waals surface area contributed by atoms with Crippen LogP contribution in [0.4, 0.5) is 0 Å². The van der Waals surface area contributed by atoms with Crippen LogP contribution in [0.1, 0.15) is 26.4 Å². The Morgan fingerprint density at radius 1 is 1.28 bits per heavy atom. The maximum absolute atomic E-state index is 12.0. The number of ether oxygens (including phenoxy) is 1. The molecule has 0 unspecified atom stereocenters. The zero-order chi connectivity index (χ0) is 13.0. The summed E-state index contributed by atoms with van der Waals surface area (Å²) in [5.41, 5.74) is 2.87. The summed E-state index contributed by atoms with van der Waals surface area (Å²) in [6, 6.07) is 9.90. The van der Waals surface area contributed by atoms with Gasteiger partial charge in [0.25, 0.3) is 0 Å². The number of Topliss-reactive ketones (excluding diaryl/α,β-unsaturated/α-hetero) is 1. The highest BCUT2D eigenvalue weighted by atomic mass is 32.1. The van der Waals surface area contributed by atoms with Crippen molar-refractivity contribution in [1.82, 2.24) is 0 Å². The van der Waals surface area contributed by atoms with E-state index in [2.05, 4.69) is 0 Å². The first-order valence-corrected chi connectivity index (χ1v) is 6.75. The maximum atomic E-state index is 12.0. The van der Waals surface area contributed by atoms with Crippen LogP contribution in [-0.4, -0.2) is 12.4 Å². The summed E-state index contributed by atoms with van der Waals surface area (Å²) in [4.78, 5) is 13.2. The second kappa shape index (κ2) is 5.94. The fraction of sp³-hybridized carbons (Fsp3) is 0.267. The molecule has 1 aromatic carbocycles. The van der Waals surface area contributed by atoms with E-state index in [0.717, 1.165) is 21.6 Å². The Balaban J connectivity index is 1.93. The Morgan fingerprint density at radius 3 is 2.83 bits per heavy atom. The Labute approximate surface area is 111 Å². The van der Waals surface area contributed by atoms with Crippen molar-refractivity contribution in [2.24, 2.45) is 0 Å². The van der Waals surface area contributed by atoms with Crippen molar-refractivity contribution in [2.45, 2.75) is 20.5 Å². The van der Waals surface area contributed by atoms with Crippen LogP contribution in [-0.2, 0) is 11.3 Å². The number of ketones is 1. The van der Waals surface area contributed by atoms with E-state index >= 15 is 0 Å². The van der Waals surface area contributed by atoms with Gasteiger partial charge in [-0.3, -0.25) is 4.79 Å². The van der Waals surface area contributed by atoms with E-state index in [1.54, 1.807) is 11.3 Å². The van der Waals surface area contributed by atoms with E-state index in [9.17, 15) is 4.79 Å². The predicted octanol–water partition coefficient (Wildman–Crippen LogP) is 3.76. The van der Waals surface area contributed by atoms with Crippen LogP contribution in [0.25, 0.3) is 0 Å². The van der Waals surface area contributed by atoms with Gasteiger partial charge >= 0.3 is 0 Å². The third-order valence-electron chi connectivity index (χ3n) is 2.75. The van der Waals surface area contributed by atoms with E-state index in [0.29, 0.717) is 6.61 Å². The molecule has 2 rings (SSSR count). The first kappa shape index (κ1) is 13.0. The molecule has 2 aromatic rings. The molecule has 0 fully saturated rings. The van der Waals surface area contributed by atoms with Crippen molar-refractivity contribution in [3.8, 4) is 0 Å². The third-order valence-corrected chi connectivity index (χ3v) is 3.60. The molecule has 0 amide bonds. The minimum absolute atomic E-state index is 0.0488. The molecule has 0 saturated carbocycles. The van der Waals surface area contributed by atoms with Crippen molar-refractivity contribution in [1.29, 1.82) is 0 Å². The summed E-state index contributed by atoms with van der Waals surface area (Å²) >= 11 is 1.64. The molecule has 2 nitrogen and oxygen atoms in total. The van der Waals surface area contributed by atoms with Gasteiger partial charge in [0.15, 0.2) is 5.78 Å². The van der Waals surface area contributed by atoms with Crippen molar-refractivity contribution in [3.05, 3.63) is 57.3 Å². The highest BCUT2D eigenvalue weighted by Crippen LogP contribution is 2.13. The summed E-state index contributed by atoms with van der Waals surface area (Å²) in [6.07, 6.45) is 0. The first-order chi connectivity index (χ1) is 8.66. The summed E-state index contributed by atoms with van der Waals surface area (Å²) in [7, 11) is 0. The number of aryl methyl sites for hydroxylation is 2. The largest absolute Gasteiger partial charge is 0.368 e. The molecule has 0 radical (unpaired) electrons. The van der Waals surface area contributed by atoms with E-state index < -0.39 is 0 Å². The lowest BCUT2D eigenvalue weighted by molar-refractivity contribution is 0.0731. The molecular weight excluding hydrogens is 244 g/mol. The Kier molecular flexibility index (Phi) is 4.28. The van der Waals surface area contributed by atoms with Gasteiger partial charge in [0.2, 0.25) is 0 Å². The van der Waals surface area contributed by atoms with Crippen molar-refractivity contribution in [3.63, 3.8) is 0 Å². The normalized spacial score (nSPS) is 10.6. The number of rotatable bonds is 5. The van der Waals surface area contributed by atoms with E-state index in [-0.39, 0.29) is 12.4 Å². The van der Waals surface area contributed by atoms with Gasteiger partial charge in [-0.2, -0.15) is 0 Å². The number of hydrogen-bond acceptors (Lipinski definition) is 3. The summed E-state index contributed by atoms with van der Waals surface area (Å²) < 4.78 is 5.45. The van der Waals surface area contributed by atoms with E-state index in [1.165, 1.54) is 0 Å².